The molecule has 1 atom stereocenters. The van der Waals surface area contributed by atoms with Crippen molar-refractivity contribution in [3.8, 4) is 0 Å². The number of unbranched alkanes of at least 4 members (excludes halogenated alkanes) is 5. The highest BCUT2D eigenvalue weighted by atomic mass is 32.2. The number of hydrogen-bond acceptors (Lipinski definition) is 5. The van der Waals surface area contributed by atoms with Crippen LogP contribution in [0.5, 0.6) is 0 Å². The molecule has 0 heterocycles. The maximum absolute atomic E-state index is 11.7. The number of esters is 2. The van der Waals surface area contributed by atoms with Crippen LogP contribution in [-0.2, 0) is 19.1 Å². The van der Waals surface area contributed by atoms with Gasteiger partial charge in [-0.1, -0.05) is 52.5 Å². The summed E-state index contributed by atoms with van der Waals surface area (Å²) in [6.07, 6.45) is 8.84. The number of thioether (sulfide) groups is 1. The molecule has 0 saturated heterocycles. The molecule has 0 bridgehead atoms. The number of ether oxygens (including phenoxy) is 2. The summed E-state index contributed by atoms with van der Waals surface area (Å²) < 4.78 is 9.79. The Hall–Kier alpha value is -0.970. The lowest BCUT2D eigenvalue weighted by Crippen LogP contribution is -2.20. The van der Waals surface area contributed by atoms with Gasteiger partial charge >= 0.3 is 11.9 Å². The van der Waals surface area contributed by atoms with Gasteiger partial charge in [0.05, 0.1) is 5.92 Å². The third-order valence-electron chi connectivity index (χ3n) is 3.15. The van der Waals surface area contributed by atoms with Crippen LogP contribution in [-0.4, -0.2) is 36.7 Å². The monoisotopic (exact) mass is 330 g/mol. The number of rotatable bonds is 14. The van der Waals surface area contributed by atoms with Crippen molar-refractivity contribution < 1.29 is 19.1 Å². The van der Waals surface area contributed by atoms with E-state index in [2.05, 4.69) is 13.5 Å². The Morgan fingerprint density at radius 2 is 1.73 bits per heavy atom. The number of hydrogen-bond donors (Lipinski definition) is 0. The van der Waals surface area contributed by atoms with E-state index in [0.717, 1.165) is 17.6 Å². The van der Waals surface area contributed by atoms with Crippen molar-refractivity contribution in [3.63, 3.8) is 0 Å². The Morgan fingerprint density at radius 1 is 1.09 bits per heavy atom. The molecule has 0 fully saturated rings. The highest BCUT2D eigenvalue weighted by Gasteiger charge is 2.14. The van der Waals surface area contributed by atoms with E-state index in [9.17, 15) is 9.59 Å². The molecule has 0 aromatic rings. The topological polar surface area (TPSA) is 52.6 Å². The Bertz CT molecular complexity index is 318. The van der Waals surface area contributed by atoms with Gasteiger partial charge in [0.15, 0.2) is 0 Å². The molecule has 0 N–H and O–H groups in total. The van der Waals surface area contributed by atoms with E-state index in [1.54, 1.807) is 11.8 Å². The van der Waals surface area contributed by atoms with Crippen molar-refractivity contribution in [2.45, 2.75) is 52.4 Å². The molecule has 0 aliphatic heterocycles. The van der Waals surface area contributed by atoms with Crippen LogP contribution in [0.25, 0.3) is 0 Å². The van der Waals surface area contributed by atoms with Gasteiger partial charge in [-0.3, -0.25) is 4.79 Å². The van der Waals surface area contributed by atoms with E-state index < -0.39 is 5.97 Å². The van der Waals surface area contributed by atoms with Crippen molar-refractivity contribution >= 4 is 23.7 Å². The molecule has 0 aromatic carbocycles. The fraction of sp³-hybridized carbons (Fsp3) is 0.765. The van der Waals surface area contributed by atoms with Crippen LogP contribution in [0.4, 0.5) is 0 Å². The minimum Gasteiger partial charge on any atom is -0.462 e. The Balaban J connectivity index is 3.46. The smallest absolute Gasteiger partial charge is 0.330 e. The predicted octanol–water partition coefficient (Wildman–Crippen LogP) is 3.99. The predicted molar refractivity (Wildman–Crippen MR) is 92.0 cm³/mol. The number of carbonyl (C=O) groups is 2. The lowest BCUT2D eigenvalue weighted by atomic mass is 10.1. The SMILES string of the molecule is C=CC(=O)OCCOC(=O)C(C)CSCCCCCCCC. The first kappa shape index (κ1) is 21.0. The van der Waals surface area contributed by atoms with Gasteiger partial charge in [0.25, 0.3) is 0 Å². The largest absolute Gasteiger partial charge is 0.462 e. The normalized spacial score (nSPS) is 11.7. The van der Waals surface area contributed by atoms with Crippen LogP contribution >= 0.6 is 11.8 Å². The zero-order chi connectivity index (χ0) is 16.6. The lowest BCUT2D eigenvalue weighted by Gasteiger charge is -2.11. The van der Waals surface area contributed by atoms with Crippen molar-refractivity contribution in [2.24, 2.45) is 5.92 Å². The summed E-state index contributed by atoms with van der Waals surface area (Å²) in [5.41, 5.74) is 0. The Morgan fingerprint density at radius 3 is 2.41 bits per heavy atom. The van der Waals surface area contributed by atoms with Crippen LogP contribution in [0.2, 0.25) is 0 Å². The molecule has 0 rings (SSSR count). The Labute approximate surface area is 139 Å². The van der Waals surface area contributed by atoms with Crippen LogP contribution in [0.1, 0.15) is 52.4 Å². The summed E-state index contributed by atoms with van der Waals surface area (Å²) in [4.78, 5) is 22.5. The van der Waals surface area contributed by atoms with Gasteiger partial charge in [-0.15, -0.1) is 0 Å². The molecule has 0 amide bonds. The fourth-order valence-electron chi connectivity index (χ4n) is 1.80. The van der Waals surface area contributed by atoms with E-state index in [1.807, 2.05) is 6.92 Å². The van der Waals surface area contributed by atoms with Gasteiger partial charge in [0.2, 0.25) is 0 Å². The second kappa shape index (κ2) is 14.9. The maximum Gasteiger partial charge on any atom is 0.330 e. The highest BCUT2D eigenvalue weighted by molar-refractivity contribution is 7.99. The number of carbonyl (C=O) groups excluding carboxylic acids is 2. The van der Waals surface area contributed by atoms with Gasteiger partial charge in [-0.05, 0) is 12.2 Å². The second-order valence-electron chi connectivity index (χ2n) is 5.28. The standard InChI is InChI=1S/C17H30O4S/c1-4-6-7-8-9-10-13-22-14-15(3)17(19)21-12-11-20-16(18)5-2/h5,15H,2,4,6-14H2,1,3H3. The molecular weight excluding hydrogens is 300 g/mol. The molecule has 0 saturated carbocycles. The minimum atomic E-state index is -0.501. The fourth-order valence-corrected chi connectivity index (χ4v) is 2.86. The van der Waals surface area contributed by atoms with E-state index in [0.29, 0.717) is 0 Å². The van der Waals surface area contributed by atoms with Gasteiger partial charge in [-0.25, -0.2) is 4.79 Å². The molecular formula is C17H30O4S. The maximum atomic E-state index is 11.7. The highest BCUT2D eigenvalue weighted by Crippen LogP contribution is 2.14. The molecule has 0 aliphatic rings. The molecule has 0 spiro atoms. The summed E-state index contributed by atoms with van der Waals surface area (Å²) in [6, 6.07) is 0. The van der Waals surface area contributed by atoms with Crippen LogP contribution in [0.15, 0.2) is 12.7 Å². The van der Waals surface area contributed by atoms with Crippen LogP contribution in [0.3, 0.4) is 0 Å². The molecule has 22 heavy (non-hydrogen) atoms. The molecule has 128 valence electrons. The third kappa shape index (κ3) is 12.7. The van der Waals surface area contributed by atoms with Gasteiger partial charge in [-0.2, -0.15) is 11.8 Å². The molecule has 0 aliphatic carbocycles. The van der Waals surface area contributed by atoms with Crippen molar-refractivity contribution in [2.75, 3.05) is 24.7 Å². The Kier molecular flexibility index (Phi) is 14.3. The first-order valence-corrected chi connectivity index (χ1v) is 9.30. The molecule has 5 heteroatoms. The second-order valence-corrected chi connectivity index (χ2v) is 6.43. The summed E-state index contributed by atoms with van der Waals surface area (Å²) in [5.74, 6) is 1.02. The minimum absolute atomic E-state index is 0.0776. The zero-order valence-corrected chi connectivity index (χ0v) is 14.8. The van der Waals surface area contributed by atoms with Crippen molar-refractivity contribution in [1.29, 1.82) is 0 Å². The average Bonchev–Trinajstić information content (AvgIpc) is 2.53. The molecule has 0 aromatic heterocycles. The molecule has 1 unspecified atom stereocenters. The van der Waals surface area contributed by atoms with Crippen LogP contribution < -0.4 is 0 Å². The average molecular weight is 330 g/mol. The van der Waals surface area contributed by atoms with E-state index in [1.165, 1.54) is 38.5 Å². The van der Waals surface area contributed by atoms with Gasteiger partial charge in [0.1, 0.15) is 13.2 Å². The summed E-state index contributed by atoms with van der Waals surface area (Å²) in [5, 5.41) is 0. The first-order valence-electron chi connectivity index (χ1n) is 8.15. The third-order valence-corrected chi connectivity index (χ3v) is 4.46. The van der Waals surface area contributed by atoms with E-state index in [-0.39, 0.29) is 25.1 Å². The van der Waals surface area contributed by atoms with Gasteiger partial charge < -0.3 is 9.47 Å². The quantitative estimate of drug-likeness (QED) is 0.274. The summed E-state index contributed by atoms with van der Waals surface area (Å²) >= 11 is 1.80. The van der Waals surface area contributed by atoms with Gasteiger partial charge in [0, 0.05) is 11.8 Å². The van der Waals surface area contributed by atoms with Crippen molar-refractivity contribution in [1.82, 2.24) is 0 Å². The van der Waals surface area contributed by atoms with E-state index in [4.69, 9.17) is 9.47 Å². The molecule has 4 nitrogen and oxygen atoms in total. The van der Waals surface area contributed by atoms with Crippen molar-refractivity contribution in [3.05, 3.63) is 12.7 Å². The zero-order valence-electron chi connectivity index (χ0n) is 14.0. The van der Waals surface area contributed by atoms with E-state index >= 15 is 0 Å². The summed E-state index contributed by atoms with van der Waals surface area (Å²) in [6.45, 7) is 7.56. The van der Waals surface area contributed by atoms with Crippen LogP contribution in [0, 0.1) is 5.92 Å². The lowest BCUT2D eigenvalue weighted by molar-refractivity contribution is -0.152. The first-order chi connectivity index (χ1) is 10.6. The summed E-state index contributed by atoms with van der Waals surface area (Å²) in [7, 11) is 0. The molecule has 0 radical (unpaired) electrons.